The lowest BCUT2D eigenvalue weighted by molar-refractivity contribution is 0.276. The van der Waals surface area contributed by atoms with E-state index in [0.29, 0.717) is 5.02 Å². The third kappa shape index (κ3) is 3.25. The number of halogens is 2. The van der Waals surface area contributed by atoms with Crippen molar-refractivity contribution in [3.8, 4) is 0 Å². The van der Waals surface area contributed by atoms with Crippen molar-refractivity contribution in [3.05, 3.63) is 63.6 Å². The SMILES string of the molecule is OCC(Nc1ccccc1Cl)c1ccc(Br)cc1. The van der Waals surface area contributed by atoms with Crippen molar-refractivity contribution in [3.63, 3.8) is 0 Å². The second-order valence-corrected chi connectivity index (χ2v) is 5.23. The first-order valence-electron chi connectivity index (χ1n) is 5.58. The van der Waals surface area contributed by atoms with Crippen LogP contribution in [0.3, 0.4) is 0 Å². The van der Waals surface area contributed by atoms with Gasteiger partial charge in [-0.15, -0.1) is 0 Å². The highest BCUT2D eigenvalue weighted by Crippen LogP contribution is 2.26. The van der Waals surface area contributed by atoms with Crippen LogP contribution in [0.1, 0.15) is 11.6 Å². The summed E-state index contributed by atoms with van der Waals surface area (Å²) in [6.45, 7) is 0.00680. The van der Waals surface area contributed by atoms with Crippen molar-refractivity contribution in [1.82, 2.24) is 0 Å². The maximum atomic E-state index is 9.48. The minimum Gasteiger partial charge on any atom is -0.394 e. The molecule has 1 atom stereocenters. The van der Waals surface area contributed by atoms with E-state index in [4.69, 9.17) is 11.6 Å². The summed E-state index contributed by atoms with van der Waals surface area (Å²) in [6, 6.07) is 15.2. The van der Waals surface area contributed by atoms with Gasteiger partial charge in [-0.2, -0.15) is 0 Å². The predicted molar refractivity (Wildman–Crippen MR) is 79.0 cm³/mol. The zero-order valence-corrected chi connectivity index (χ0v) is 11.9. The van der Waals surface area contributed by atoms with Crippen LogP contribution >= 0.6 is 27.5 Å². The Morgan fingerprint density at radius 1 is 1.11 bits per heavy atom. The van der Waals surface area contributed by atoms with E-state index < -0.39 is 0 Å². The summed E-state index contributed by atoms with van der Waals surface area (Å²) in [7, 11) is 0. The fourth-order valence-electron chi connectivity index (χ4n) is 1.70. The molecule has 1 unspecified atom stereocenters. The molecule has 0 aliphatic heterocycles. The molecule has 2 aromatic carbocycles. The summed E-state index contributed by atoms with van der Waals surface area (Å²) in [5.41, 5.74) is 1.83. The van der Waals surface area contributed by atoms with Crippen LogP contribution < -0.4 is 5.32 Å². The third-order valence-electron chi connectivity index (χ3n) is 2.66. The lowest BCUT2D eigenvalue weighted by Crippen LogP contribution is -2.14. The summed E-state index contributed by atoms with van der Waals surface area (Å²) in [5.74, 6) is 0. The number of hydrogen-bond acceptors (Lipinski definition) is 2. The molecule has 0 bridgehead atoms. The molecule has 0 aliphatic carbocycles. The number of aliphatic hydroxyl groups is 1. The summed E-state index contributed by atoms with van der Waals surface area (Å²) in [5, 5.41) is 13.4. The Balaban J connectivity index is 2.20. The van der Waals surface area contributed by atoms with E-state index >= 15 is 0 Å². The lowest BCUT2D eigenvalue weighted by atomic mass is 10.1. The average molecular weight is 327 g/mol. The van der Waals surface area contributed by atoms with E-state index in [1.165, 1.54) is 0 Å². The largest absolute Gasteiger partial charge is 0.394 e. The molecule has 0 amide bonds. The van der Waals surface area contributed by atoms with Crippen LogP contribution in [0.5, 0.6) is 0 Å². The van der Waals surface area contributed by atoms with E-state index in [0.717, 1.165) is 15.7 Å². The maximum absolute atomic E-state index is 9.48. The molecule has 94 valence electrons. The van der Waals surface area contributed by atoms with Crippen LogP contribution in [0.2, 0.25) is 5.02 Å². The number of benzene rings is 2. The Hall–Kier alpha value is -1.03. The van der Waals surface area contributed by atoms with Gasteiger partial charge in [-0.1, -0.05) is 51.8 Å². The van der Waals surface area contributed by atoms with E-state index in [1.54, 1.807) is 0 Å². The highest BCUT2D eigenvalue weighted by Gasteiger charge is 2.11. The zero-order chi connectivity index (χ0) is 13.0. The summed E-state index contributed by atoms with van der Waals surface area (Å²) in [4.78, 5) is 0. The van der Waals surface area contributed by atoms with Gasteiger partial charge >= 0.3 is 0 Å². The average Bonchev–Trinajstić information content (AvgIpc) is 2.39. The van der Waals surface area contributed by atoms with Crippen molar-refractivity contribution in [2.75, 3.05) is 11.9 Å². The van der Waals surface area contributed by atoms with Gasteiger partial charge in [-0.25, -0.2) is 0 Å². The van der Waals surface area contributed by atoms with Gasteiger partial charge in [0.15, 0.2) is 0 Å². The van der Waals surface area contributed by atoms with Crippen LogP contribution in [0.25, 0.3) is 0 Å². The monoisotopic (exact) mass is 325 g/mol. The molecule has 0 heterocycles. The van der Waals surface area contributed by atoms with Gasteiger partial charge in [0.2, 0.25) is 0 Å². The van der Waals surface area contributed by atoms with E-state index in [9.17, 15) is 5.11 Å². The molecule has 0 fully saturated rings. The summed E-state index contributed by atoms with van der Waals surface area (Å²) < 4.78 is 1.01. The van der Waals surface area contributed by atoms with E-state index in [-0.39, 0.29) is 12.6 Å². The van der Waals surface area contributed by atoms with Crippen LogP contribution in [0.15, 0.2) is 53.0 Å². The molecule has 0 aliphatic rings. The van der Waals surface area contributed by atoms with Crippen molar-refractivity contribution in [2.45, 2.75) is 6.04 Å². The Morgan fingerprint density at radius 2 is 1.78 bits per heavy atom. The second kappa shape index (κ2) is 6.23. The molecule has 0 aromatic heterocycles. The summed E-state index contributed by atoms with van der Waals surface area (Å²) >= 11 is 9.48. The van der Waals surface area contributed by atoms with Crippen LogP contribution in [-0.4, -0.2) is 11.7 Å². The first-order valence-corrected chi connectivity index (χ1v) is 6.75. The van der Waals surface area contributed by atoms with Crippen LogP contribution in [-0.2, 0) is 0 Å². The number of para-hydroxylation sites is 1. The molecule has 0 spiro atoms. The molecular weight excluding hydrogens is 314 g/mol. The molecule has 2 rings (SSSR count). The van der Waals surface area contributed by atoms with Crippen molar-refractivity contribution in [1.29, 1.82) is 0 Å². The van der Waals surface area contributed by atoms with Gasteiger partial charge in [-0.05, 0) is 29.8 Å². The van der Waals surface area contributed by atoms with Gasteiger partial charge in [0.05, 0.1) is 23.4 Å². The molecule has 4 heteroatoms. The topological polar surface area (TPSA) is 32.3 Å². The smallest absolute Gasteiger partial charge is 0.0745 e. The van der Waals surface area contributed by atoms with Gasteiger partial charge in [0.25, 0.3) is 0 Å². The number of anilines is 1. The van der Waals surface area contributed by atoms with E-state index in [2.05, 4.69) is 21.2 Å². The minimum atomic E-state index is -0.169. The number of nitrogens with one attached hydrogen (secondary N) is 1. The number of rotatable bonds is 4. The molecule has 18 heavy (non-hydrogen) atoms. The Labute approximate surface area is 120 Å². The third-order valence-corrected chi connectivity index (χ3v) is 3.52. The van der Waals surface area contributed by atoms with Gasteiger partial charge < -0.3 is 10.4 Å². The molecule has 0 saturated carbocycles. The highest BCUT2D eigenvalue weighted by atomic mass is 79.9. The van der Waals surface area contributed by atoms with E-state index in [1.807, 2.05) is 48.5 Å². The first-order chi connectivity index (χ1) is 8.70. The molecule has 0 radical (unpaired) electrons. The highest BCUT2D eigenvalue weighted by molar-refractivity contribution is 9.10. The molecule has 0 saturated heterocycles. The normalized spacial score (nSPS) is 12.2. The van der Waals surface area contributed by atoms with Gasteiger partial charge in [0.1, 0.15) is 0 Å². The summed E-state index contributed by atoms with van der Waals surface area (Å²) in [6.07, 6.45) is 0. The number of aliphatic hydroxyl groups excluding tert-OH is 1. The van der Waals surface area contributed by atoms with Crippen LogP contribution in [0.4, 0.5) is 5.69 Å². The maximum Gasteiger partial charge on any atom is 0.0745 e. The Morgan fingerprint density at radius 3 is 2.39 bits per heavy atom. The van der Waals surface area contributed by atoms with Crippen molar-refractivity contribution < 1.29 is 5.11 Å². The minimum absolute atomic E-state index is 0.00680. The number of hydrogen-bond donors (Lipinski definition) is 2. The standard InChI is InChI=1S/C14H13BrClNO/c15-11-7-5-10(6-8-11)14(9-18)17-13-4-2-1-3-12(13)16/h1-8,14,17-18H,9H2. The molecule has 2 nitrogen and oxygen atoms in total. The first kappa shape index (κ1) is 13.4. The lowest BCUT2D eigenvalue weighted by Gasteiger charge is -2.19. The quantitative estimate of drug-likeness (QED) is 0.880. The molecule has 2 N–H and O–H groups in total. The second-order valence-electron chi connectivity index (χ2n) is 3.91. The van der Waals surface area contributed by atoms with Crippen LogP contribution in [0, 0.1) is 0 Å². The zero-order valence-electron chi connectivity index (χ0n) is 9.61. The van der Waals surface area contributed by atoms with Gasteiger partial charge in [-0.3, -0.25) is 0 Å². The fourth-order valence-corrected chi connectivity index (χ4v) is 2.15. The Kier molecular flexibility index (Phi) is 4.64. The van der Waals surface area contributed by atoms with Crippen molar-refractivity contribution in [2.24, 2.45) is 0 Å². The molecular formula is C14H13BrClNO. The molecule has 2 aromatic rings. The van der Waals surface area contributed by atoms with Gasteiger partial charge in [0, 0.05) is 4.47 Å². The predicted octanol–water partition coefficient (Wildman–Crippen LogP) is 4.25. The fraction of sp³-hybridized carbons (Fsp3) is 0.143. The Bertz CT molecular complexity index is 515. The van der Waals surface area contributed by atoms with Crippen molar-refractivity contribution >= 4 is 33.2 Å².